The molecular formula is C23H25F2N5O2. The van der Waals surface area contributed by atoms with Crippen molar-refractivity contribution in [3.63, 3.8) is 0 Å². The van der Waals surface area contributed by atoms with Gasteiger partial charge < -0.3 is 26.2 Å². The van der Waals surface area contributed by atoms with E-state index in [-0.39, 0.29) is 5.56 Å². The van der Waals surface area contributed by atoms with Crippen LogP contribution in [0.3, 0.4) is 0 Å². The number of aromatic nitrogens is 1. The lowest BCUT2D eigenvalue weighted by Crippen LogP contribution is -2.46. The van der Waals surface area contributed by atoms with Crippen LogP contribution in [0.2, 0.25) is 0 Å². The summed E-state index contributed by atoms with van der Waals surface area (Å²) >= 11 is 0. The second kappa shape index (κ2) is 7.99. The van der Waals surface area contributed by atoms with Gasteiger partial charge in [-0.2, -0.15) is 0 Å². The average molecular weight is 441 g/mol. The molecule has 32 heavy (non-hydrogen) atoms. The third-order valence-electron chi connectivity index (χ3n) is 5.76. The van der Waals surface area contributed by atoms with Gasteiger partial charge in [0.15, 0.2) is 6.17 Å². The second-order valence-corrected chi connectivity index (χ2v) is 8.18. The van der Waals surface area contributed by atoms with Crippen molar-refractivity contribution in [1.29, 1.82) is 0 Å². The van der Waals surface area contributed by atoms with Gasteiger partial charge >= 0.3 is 0 Å². The summed E-state index contributed by atoms with van der Waals surface area (Å²) in [5.41, 5.74) is 8.16. The summed E-state index contributed by atoms with van der Waals surface area (Å²) in [6.07, 6.45) is 1.15. The molecule has 2 aliphatic heterocycles. The minimum Gasteiger partial charge on any atom is -0.387 e. The molecule has 7 nitrogen and oxygen atoms in total. The molecule has 0 amide bonds. The van der Waals surface area contributed by atoms with Crippen LogP contribution in [0.25, 0.3) is 11.4 Å². The molecule has 0 aliphatic carbocycles. The van der Waals surface area contributed by atoms with Gasteiger partial charge in [0.05, 0.1) is 23.2 Å². The number of nitrogens with two attached hydrogens (primary N) is 1. The van der Waals surface area contributed by atoms with Crippen LogP contribution in [0, 0.1) is 6.92 Å². The molecule has 0 fully saturated rings. The van der Waals surface area contributed by atoms with Gasteiger partial charge in [0.25, 0.3) is 6.43 Å². The topological polar surface area (TPSA) is 107 Å². The Bertz CT molecular complexity index is 1120. The van der Waals surface area contributed by atoms with Crippen LogP contribution in [0.4, 0.5) is 8.78 Å². The number of aliphatic imine (C=N–C) groups is 1. The number of aliphatic hydroxyl groups is 2. The number of pyridine rings is 1. The van der Waals surface area contributed by atoms with Crippen molar-refractivity contribution in [2.24, 2.45) is 10.7 Å². The number of fused-ring (bicyclic) bond motifs is 1. The summed E-state index contributed by atoms with van der Waals surface area (Å²) in [5.74, 6) is 0.335. The molecule has 0 saturated carbocycles. The van der Waals surface area contributed by atoms with Crippen molar-refractivity contribution < 1.29 is 19.0 Å². The molecule has 4 rings (SSSR count). The monoisotopic (exact) mass is 441 g/mol. The Morgan fingerprint density at radius 2 is 2.00 bits per heavy atom. The van der Waals surface area contributed by atoms with Crippen LogP contribution >= 0.6 is 0 Å². The zero-order valence-corrected chi connectivity index (χ0v) is 17.9. The van der Waals surface area contributed by atoms with E-state index in [9.17, 15) is 19.0 Å². The number of hydrogen-bond acceptors (Lipinski definition) is 7. The summed E-state index contributed by atoms with van der Waals surface area (Å²) < 4.78 is 26.8. The fraction of sp³-hybridized carbons (Fsp3) is 0.304. The summed E-state index contributed by atoms with van der Waals surface area (Å²) in [7, 11) is 0. The molecule has 9 heteroatoms. The number of benzene rings is 1. The highest BCUT2D eigenvalue weighted by Crippen LogP contribution is 2.36. The molecular weight excluding hydrogens is 416 g/mol. The van der Waals surface area contributed by atoms with Crippen molar-refractivity contribution in [1.82, 2.24) is 15.2 Å². The predicted octanol–water partition coefficient (Wildman–Crippen LogP) is 2.82. The van der Waals surface area contributed by atoms with Crippen LogP contribution in [-0.2, 0) is 5.60 Å². The molecule has 5 N–H and O–H groups in total. The number of aliphatic hydroxyl groups excluding tert-OH is 1. The molecule has 2 aliphatic rings. The summed E-state index contributed by atoms with van der Waals surface area (Å²) in [6.45, 7) is 4.61. The summed E-state index contributed by atoms with van der Waals surface area (Å²) in [5, 5.41) is 23.1. The average Bonchev–Trinajstić information content (AvgIpc) is 3.18. The van der Waals surface area contributed by atoms with Gasteiger partial charge in [0.1, 0.15) is 11.4 Å². The number of aryl methyl sites for hydroxylation is 1. The molecule has 1 aromatic heterocycles. The number of nitrogens with zero attached hydrogens (tertiary/aromatic N) is 3. The number of hydrogen-bond donors (Lipinski definition) is 4. The van der Waals surface area contributed by atoms with Gasteiger partial charge in [-0.3, -0.25) is 4.98 Å². The predicted molar refractivity (Wildman–Crippen MR) is 118 cm³/mol. The maximum atomic E-state index is 13.4. The lowest BCUT2D eigenvalue weighted by Gasteiger charge is -2.31. The zero-order valence-electron chi connectivity index (χ0n) is 17.9. The quantitative estimate of drug-likeness (QED) is 0.569. The molecule has 168 valence electrons. The zero-order chi connectivity index (χ0) is 23.2. The van der Waals surface area contributed by atoms with E-state index in [1.165, 1.54) is 6.07 Å². The van der Waals surface area contributed by atoms with Crippen molar-refractivity contribution >= 4 is 17.2 Å². The van der Waals surface area contributed by atoms with Gasteiger partial charge in [0.2, 0.25) is 0 Å². The molecule has 3 unspecified atom stereocenters. The molecule has 0 bridgehead atoms. The van der Waals surface area contributed by atoms with Gasteiger partial charge in [-0.05, 0) is 50.1 Å². The first-order chi connectivity index (χ1) is 15.1. The van der Waals surface area contributed by atoms with Crippen LogP contribution < -0.4 is 11.1 Å². The SMILES string of the molecule is Cc1ccc(C(C)(O)C(F)F)cc1C1=CNC2C(N)=NC(c3ccc(C(C)O)nc3)=CN12. The Morgan fingerprint density at radius 3 is 2.62 bits per heavy atom. The third-order valence-corrected chi connectivity index (χ3v) is 5.76. The number of rotatable bonds is 5. The van der Waals surface area contributed by atoms with Crippen molar-refractivity contribution in [3.05, 3.63) is 76.9 Å². The second-order valence-electron chi connectivity index (χ2n) is 8.18. The minimum atomic E-state index is -2.93. The Kier molecular flexibility index (Phi) is 5.47. The Hall–Kier alpha value is -3.30. The fourth-order valence-corrected chi connectivity index (χ4v) is 3.68. The highest BCUT2D eigenvalue weighted by atomic mass is 19.3. The minimum absolute atomic E-state index is 0.123. The van der Waals surface area contributed by atoms with E-state index < -0.39 is 24.3 Å². The highest BCUT2D eigenvalue weighted by Gasteiger charge is 2.36. The molecule has 2 aromatic rings. The maximum absolute atomic E-state index is 13.4. The number of amidine groups is 1. The van der Waals surface area contributed by atoms with Crippen LogP contribution in [0.5, 0.6) is 0 Å². The van der Waals surface area contributed by atoms with Crippen molar-refractivity contribution in [2.75, 3.05) is 0 Å². The fourth-order valence-electron chi connectivity index (χ4n) is 3.68. The van der Waals surface area contributed by atoms with E-state index in [0.717, 1.165) is 12.5 Å². The van der Waals surface area contributed by atoms with Crippen molar-refractivity contribution in [2.45, 2.75) is 45.1 Å². The van der Waals surface area contributed by atoms with Crippen LogP contribution in [0.1, 0.15) is 47.9 Å². The Morgan fingerprint density at radius 1 is 1.25 bits per heavy atom. The Labute approximate surface area is 184 Å². The van der Waals surface area contributed by atoms with E-state index in [0.29, 0.717) is 34.1 Å². The lowest BCUT2D eigenvalue weighted by molar-refractivity contribution is -0.0883. The smallest absolute Gasteiger partial charge is 0.270 e. The highest BCUT2D eigenvalue weighted by molar-refractivity contribution is 5.95. The standard InChI is InChI=1S/C23H25F2N5O2/c1-12-4-6-15(23(3,32)22(24)25)8-16(12)19-10-28-21-20(26)29-18(11-30(19)21)14-5-7-17(13(2)31)27-9-14/h4-11,13,21-22,28,31-32H,1-3H3,(H2,26,29). The van der Waals surface area contributed by atoms with Crippen molar-refractivity contribution in [3.8, 4) is 0 Å². The molecule has 0 spiro atoms. The largest absolute Gasteiger partial charge is 0.387 e. The maximum Gasteiger partial charge on any atom is 0.270 e. The Balaban J connectivity index is 1.72. The normalized spacial score (nSPS) is 20.7. The van der Waals surface area contributed by atoms with Gasteiger partial charge in [-0.1, -0.05) is 12.1 Å². The van der Waals surface area contributed by atoms with E-state index in [2.05, 4.69) is 15.3 Å². The van der Waals surface area contributed by atoms with Gasteiger partial charge in [0, 0.05) is 29.7 Å². The van der Waals surface area contributed by atoms with Gasteiger partial charge in [-0.25, -0.2) is 13.8 Å². The van der Waals surface area contributed by atoms with Crippen LogP contribution in [-0.4, -0.2) is 38.5 Å². The first kappa shape index (κ1) is 21.9. The molecule has 0 radical (unpaired) electrons. The molecule has 3 atom stereocenters. The van der Waals surface area contributed by atoms with E-state index in [1.54, 1.807) is 43.6 Å². The van der Waals surface area contributed by atoms with Gasteiger partial charge in [-0.15, -0.1) is 0 Å². The van der Waals surface area contributed by atoms with E-state index in [4.69, 9.17) is 5.73 Å². The summed E-state index contributed by atoms with van der Waals surface area (Å²) in [4.78, 5) is 10.6. The first-order valence-electron chi connectivity index (χ1n) is 10.2. The van der Waals surface area contributed by atoms with E-state index in [1.807, 2.05) is 18.0 Å². The lowest BCUT2D eigenvalue weighted by atomic mass is 9.92. The third kappa shape index (κ3) is 3.74. The molecule has 0 saturated heterocycles. The van der Waals surface area contributed by atoms with Crippen LogP contribution in [0.15, 0.2) is 53.9 Å². The number of nitrogens with one attached hydrogen (secondary N) is 1. The van der Waals surface area contributed by atoms with E-state index >= 15 is 0 Å². The summed E-state index contributed by atoms with van der Waals surface area (Å²) in [6, 6.07) is 8.31. The molecule has 1 aromatic carbocycles. The number of alkyl halides is 2. The number of halogens is 2. The molecule has 3 heterocycles. The first-order valence-corrected chi connectivity index (χ1v) is 10.2.